The van der Waals surface area contributed by atoms with Crippen molar-refractivity contribution in [2.75, 3.05) is 0 Å². The summed E-state index contributed by atoms with van der Waals surface area (Å²) in [5, 5.41) is -0.197. The zero-order valence-corrected chi connectivity index (χ0v) is 11.8. The summed E-state index contributed by atoms with van der Waals surface area (Å²) in [6, 6.07) is 4.92. The lowest BCUT2D eigenvalue weighted by Gasteiger charge is -2.15. The number of rotatable bonds is 2. The average molecular weight is 351 g/mol. The van der Waals surface area contributed by atoms with Gasteiger partial charge in [-0.15, -0.1) is 0 Å². The van der Waals surface area contributed by atoms with Gasteiger partial charge in [-0.3, -0.25) is 0 Å². The molecule has 0 saturated heterocycles. The van der Waals surface area contributed by atoms with Crippen LogP contribution in [-0.2, 0) is 0 Å². The van der Waals surface area contributed by atoms with E-state index in [9.17, 15) is 13.2 Å². The van der Waals surface area contributed by atoms with Gasteiger partial charge in [0.05, 0.1) is 15.5 Å². The third-order valence-electron chi connectivity index (χ3n) is 2.69. The van der Waals surface area contributed by atoms with Crippen LogP contribution in [0.2, 0.25) is 5.02 Å². The minimum Gasteiger partial charge on any atom is -0.320 e. The predicted molar refractivity (Wildman–Crippen MR) is 71.5 cm³/mol. The molecule has 1 nitrogen and oxygen atoms in total. The van der Waals surface area contributed by atoms with Crippen LogP contribution in [0.15, 0.2) is 34.8 Å². The van der Waals surface area contributed by atoms with Crippen LogP contribution in [-0.4, -0.2) is 0 Å². The lowest BCUT2D eigenvalue weighted by atomic mass is 9.99. The molecule has 0 aromatic heterocycles. The van der Waals surface area contributed by atoms with Crippen LogP contribution in [0.25, 0.3) is 0 Å². The fourth-order valence-corrected chi connectivity index (χ4v) is 2.26. The lowest BCUT2D eigenvalue weighted by Crippen LogP contribution is -2.15. The molecule has 0 aliphatic rings. The first-order valence-corrected chi connectivity index (χ1v) is 6.43. The molecule has 0 saturated carbocycles. The second-order valence-corrected chi connectivity index (χ2v) is 5.14. The molecule has 0 aliphatic carbocycles. The standard InChI is InChI=1S/C13H8BrClF3N/c14-8-5-10(17)7(4-11(8)18)13(19)6-2-1-3-9(16)12(6)15/h1-5,13H,19H2. The van der Waals surface area contributed by atoms with Crippen molar-refractivity contribution in [1.82, 2.24) is 0 Å². The van der Waals surface area contributed by atoms with E-state index in [2.05, 4.69) is 15.9 Å². The summed E-state index contributed by atoms with van der Waals surface area (Å²) < 4.78 is 40.6. The topological polar surface area (TPSA) is 26.0 Å². The van der Waals surface area contributed by atoms with Crippen molar-refractivity contribution in [1.29, 1.82) is 0 Å². The van der Waals surface area contributed by atoms with E-state index in [0.29, 0.717) is 0 Å². The Kier molecular flexibility index (Phi) is 4.18. The maximum absolute atomic E-state index is 13.8. The summed E-state index contributed by atoms with van der Waals surface area (Å²) in [5.74, 6) is -2.01. The average Bonchev–Trinajstić information content (AvgIpc) is 2.36. The molecule has 2 rings (SSSR count). The van der Waals surface area contributed by atoms with Crippen molar-refractivity contribution < 1.29 is 13.2 Å². The lowest BCUT2D eigenvalue weighted by molar-refractivity contribution is 0.571. The van der Waals surface area contributed by atoms with Gasteiger partial charge in [0.25, 0.3) is 0 Å². The molecule has 0 aliphatic heterocycles. The number of hydrogen-bond donors (Lipinski definition) is 1. The van der Waals surface area contributed by atoms with Crippen molar-refractivity contribution in [2.45, 2.75) is 6.04 Å². The van der Waals surface area contributed by atoms with Gasteiger partial charge in [0.2, 0.25) is 0 Å². The number of halogens is 5. The summed E-state index contributed by atoms with van der Waals surface area (Å²) in [7, 11) is 0. The number of nitrogens with two attached hydrogens (primary N) is 1. The molecular weight excluding hydrogens is 343 g/mol. The van der Waals surface area contributed by atoms with E-state index >= 15 is 0 Å². The number of benzene rings is 2. The molecule has 0 radical (unpaired) electrons. The normalized spacial score (nSPS) is 12.5. The summed E-state index contributed by atoms with van der Waals surface area (Å²) in [5.41, 5.74) is 5.94. The molecule has 2 N–H and O–H groups in total. The van der Waals surface area contributed by atoms with Crippen LogP contribution >= 0.6 is 27.5 Å². The van der Waals surface area contributed by atoms with Crippen molar-refractivity contribution in [3.63, 3.8) is 0 Å². The van der Waals surface area contributed by atoms with Crippen LogP contribution in [0.1, 0.15) is 17.2 Å². The van der Waals surface area contributed by atoms with E-state index in [1.165, 1.54) is 12.1 Å². The molecule has 1 atom stereocenters. The Labute approximate surface area is 121 Å². The Bertz CT molecular complexity index is 634. The van der Waals surface area contributed by atoms with Crippen molar-refractivity contribution in [3.05, 3.63) is 68.4 Å². The van der Waals surface area contributed by atoms with E-state index in [1.54, 1.807) is 0 Å². The van der Waals surface area contributed by atoms with Gasteiger partial charge in [-0.2, -0.15) is 0 Å². The minimum absolute atomic E-state index is 0.00807. The quantitative estimate of drug-likeness (QED) is 0.789. The fourth-order valence-electron chi connectivity index (χ4n) is 1.70. The van der Waals surface area contributed by atoms with Crippen LogP contribution < -0.4 is 5.73 Å². The molecule has 0 amide bonds. The second kappa shape index (κ2) is 5.53. The Balaban J connectivity index is 2.53. The highest BCUT2D eigenvalue weighted by Crippen LogP contribution is 2.31. The van der Waals surface area contributed by atoms with Gasteiger partial charge in [-0.1, -0.05) is 23.7 Å². The van der Waals surface area contributed by atoms with Gasteiger partial charge in [0, 0.05) is 5.56 Å². The summed E-state index contributed by atoms with van der Waals surface area (Å²) in [6.07, 6.45) is 0. The molecule has 0 bridgehead atoms. The van der Waals surface area contributed by atoms with Crippen molar-refractivity contribution >= 4 is 27.5 Å². The summed E-state index contributed by atoms with van der Waals surface area (Å²) in [6.45, 7) is 0. The predicted octanol–water partition coefficient (Wildman–Crippen LogP) is 4.57. The van der Waals surface area contributed by atoms with Gasteiger partial charge in [-0.05, 0) is 39.7 Å². The molecule has 100 valence electrons. The first kappa shape index (κ1) is 14.4. The van der Waals surface area contributed by atoms with E-state index in [0.717, 1.165) is 18.2 Å². The Morgan fingerprint density at radius 2 is 1.68 bits per heavy atom. The van der Waals surface area contributed by atoms with E-state index < -0.39 is 23.5 Å². The van der Waals surface area contributed by atoms with Gasteiger partial charge in [0.1, 0.15) is 17.5 Å². The molecule has 6 heteroatoms. The number of hydrogen-bond acceptors (Lipinski definition) is 1. The van der Waals surface area contributed by atoms with Gasteiger partial charge in [-0.25, -0.2) is 13.2 Å². The zero-order valence-electron chi connectivity index (χ0n) is 9.43. The monoisotopic (exact) mass is 349 g/mol. The first-order valence-electron chi connectivity index (χ1n) is 5.25. The molecule has 0 heterocycles. The van der Waals surface area contributed by atoms with Crippen molar-refractivity contribution in [3.8, 4) is 0 Å². The first-order chi connectivity index (χ1) is 8.91. The summed E-state index contributed by atoms with van der Waals surface area (Å²) >= 11 is 8.65. The molecule has 2 aromatic carbocycles. The molecule has 1 unspecified atom stereocenters. The molecular formula is C13H8BrClF3N. The van der Waals surface area contributed by atoms with Crippen LogP contribution in [0, 0.1) is 17.5 Å². The summed E-state index contributed by atoms with van der Waals surface area (Å²) in [4.78, 5) is 0. The van der Waals surface area contributed by atoms with Crippen molar-refractivity contribution in [2.24, 2.45) is 5.73 Å². The Hall–Kier alpha value is -1.04. The van der Waals surface area contributed by atoms with E-state index in [1.807, 2.05) is 0 Å². The van der Waals surface area contributed by atoms with Crippen LogP contribution in [0.3, 0.4) is 0 Å². The fraction of sp³-hybridized carbons (Fsp3) is 0.0769. The minimum atomic E-state index is -1.05. The Morgan fingerprint density at radius 1 is 1.00 bits per heavy atom. The molecule has 2 aromatic rings. The van der Waals surface area contributed by atoms with Crippen LogP contribution in [0.4, 0.5) is 13.2 Å². The largest absolute Gasteiger partial charge is 0.320 e. The maximum Gasteiger partial charge on any atom is 0.142 e. The molecule has 0 fully saturated rings. The van der Waals surface area contributed by atoms with Crippen LogP contribution in [0.5, 0.6) is 0 Å². The smallest absolute Gasteiger partial charge is 0.142 e. The SMILES string of the molecule is NC(c1cc(F)c(Br)cc1F)c1cccc(F)c1Cl. The third kappa shape index (κ3) is 2.78. The highest BCUT2D eigenvalue weighted by Gasteiger charge is 2.20. The van der Waals surface area contributed by atoms with Gasteiger partial charge in [0.15, 0.2) is 0 Å². The maximum atomic E-state index is 13.8. The van der Waals surface area contributed by atoms with Gasteiger partial charge >= 0.3 is 0 Å². The highest BCUT2D eigenvalue weighted by molar-refractivity contribution is 9.10. The van der Waals surface area contributed by atoms with E-state index in [4.69, 9.17) is 17.3 Å². The van der Waals surface area contributed by atoms with E-state index in [-0.39, 0.29) is 20.6 Å². The highest BCUT2D eigenvalue weighted by atomic mass is 79.9. The zero-order chi connectivity index (χ0) is 14.2. The third-order valence-corrected chi connectivity index (χ3v) is 3.70. The molecule has 0 spiro atoms. The Morgan fingerprint density at radius 3 is 2.37 bits per heavy atom. The molecule has 19 heavy (non-hydrogen) atoms. The second-order valence-electron chi connectivity index (χ2n) is 3.91. The van der Waals surface area contributed by atoms with Gasteiger partial charge < -0.3 is 5.73 Å².